The lowest BCUT2D eigenvalue weighted by Gasteiger charge is -2.26. The Balaban J connectivity index is 1.94. The summed E-state index contributed by atoms with van der Waals surface area (Å²) in [6, 6.07) is 14.1. The van der Waals surface area contributed by atoms with Gasteiger partial charge in [-0.05, 0) is 48.9 Å². The van der Waals surface area contributed by atoms with Crippen LogP contribution < -0.4 is 14.8 Å². The standard InChI is InChI=1S/C24H24ClF2N3O4S/c1-29(24(28)31)13-4-14-34-23-6-3-2-5-17(23)16-30(22-15-19(26)9-12-21(22)27)35(32,33)20-10-7-18(25)8-11-20/h2-3,5-12,15H,4,13-14,16H2,1H3,(H2,28,31). The number of rotatable bonds is 10. The molecule has 0 heterocycles. The maximum Gasteiger partial charge on any atom is 0.314 e. The third-order valence-electron chi connectivity index (χ3n) is 5.14. The number of anilines is 1. The van der Waals surface area contributed by atoms with Crippen molar-refractivity contribution in [2.24, 2.45) is 5.73 Å². The number of hydrogen-bond donors (Lipinski definition) is 1. The predicted molar refractivity (Wildman–Crippen MR) is 130 cm³/mol. The second-order valence-corrected chi connectivity index (χ2v) is 9.93. The molecule has 3 aromatic carbocycles. The lowest BCUT2D eigenvalue weighted by Crippen LogP contribution is -2.33. The molecule has 0 aliphatic rings. The highest BCUT2D eigenvalue weighted by Crippen LogP contribution is 2.31. The molecule has 0 saturated heterocycles. The summed E-state index contributed by atoms with van der Waals surface area (Å²) in [6.07, 6.45) is 0.471. The largest absolute Gasteiger partial charge is 0.493 e. The molecule has 2 amide bonds. The van der Waals surface area contributed by atoms with Gasteiger partial charge in [-0.25, -0.2) is 22.0 Å². The van der Waals surface area contributed by atoms with E-state index < -0.39 is 33.4 Å². The fourth-order valence-corrected chi connectivity index (χ4v) is 4.80. The molecule has 35 heavy (non-hydrogen) atoms. The minimum atomic E-state index is -4.32. The van der Waals surface area contributed by atoms with E-state index >= 15 is 0 Å². The molecular formula is C24H24ClF2N3O4S. The van der Waals surface area contributed by atoms with E-state index in [4.69, 9.17) is 22.1 Å². The highest BCUT2D eigenvalue weighted by molar-refractivity contribution is 7.92. The summed E-state index contributed by atoms with van der Waals surface area (Å²) in [5, 5.41) is 0.327. The number of carbonyl (C=O) groups is 1. The van der Waals surface area contributed by atoms with Gasteiger partial charge >= 0.3 is 6.03 Å². The van der Waals surface area contributed by atoms with Crippen LogP contribution in [0.3, 0.4) is 0 Å². The predicted octanol–water partition coefficient (Wildman–Crippen LogP) is 4.79. The van der Waals surface area contributed by atoms with Crippen LogP contribution in [-0.4, -0.2) is 39.5 Å². The smallest absolute Gasteiger partial charge is 0.314 e. The minimum Gasteiger partial charge on any atom is -0.493 e. The van der Waals surface area contributed by atoms with Gasteiger partial charge in [0.15, 0.2) is 0 Å². The van der Waals surface area contributed by atoms with Gasteiger partial charge in [-0.3, -0.25) is 4.31 Å². The summed E-state index contributed by atoms with van der Waals surface area (Å²) in [5.41, 5.74) is 5.18. The highest BCUT2D eigenvalue weighted by atomic mass is 35.5. The number of urea groups is 1. The monoisotopic (exact) mass is 523 g/mol. The van der Waals surface area contributed by atoms with Crippen LogP contribution in [0.5, 0.6) is 5.75 Å². The molecule has 0 aromatic heterocycles. The summed E-state index contributed by atoms with van der Waals surface area (Å²) in [5.74, 6) is -1.33. The molecule has 0 radical (unpaired) electrons. The van der Waals surface area contributed by atoms with Crippen LogP contribution in [0, 0.1) is 11.6 Å². The fourth-order valence-electron chi connectivity index (χ4n) is 3.23. The Morgan fingerprint density at radius 1 is 1.06 bits per heavy atom. The quantitative estimate of drug-likeness (QED) is 0.387. The molecule has 3 rings (SSSR count). The summed E-state index contributed by atoms with van der Waals surface area (Å²) >= 11 is 5.89. The lowest BCUT2D eigenvalue weighted by molar-refractivity contribution is 0.212. The Hall–Kier alpha value is -3.37. The van der Waals surface area contributed by atoms with Gasteiger partial charge in [0, 0.05) is 30.2 Å². The first-order chi connectivity index (χ1) is 16.6. The van der Waals surface area contributed by atoms with Crippen molar-refractivity contribution >= 4 is 33.3 Å². The SMILES string of the molecule is CN(CCCOc1ccccc1CN(c1cc(F)ccc1F)S(=O)(=O)c1ccc(Cl)cc1)C(N)=O. The molecule has 3 aromatic rings. The van der Waals surface area contributed by atoms with Gasteiger partial charge in [0.1, 0.15) is 17.4 Å². The molecule has 0 aliphatic heterocycles. The van der Waals surface area contributed by atoms with E-state index in [9.17, 15) is 22.0 Å². The van der Waals surface area contributed by atoms with E-state index in [1.807, 2.05) is 0 Å². The first-order valence-electron chi connectivity index (χ1n) is 10.5. The Labute approximate surface area is 207 Å². The molecule has 0 spiro atoms. The van der Waals surface area contributed by atoms with E-state index in [2.05, 4.69) is 0 Å². The maximum atomic E-state index is 14.8. The second kappa shape index (κ2) is 11.4. The van der Waals surface area contributed by atoms with Crippen molar-refractivity contribution in [2.45, 2.75) is 17.9 Å². The molecular weight excluding hydrogens is 500 g/mol. The van der Waals surface area contributed by atoms with Crippen molar-refractivity contribution in [1.82, 2.24) is 4.90 Å². The number of para-hydroxylation sites is 1. The van der Waals surface area contributed by atoms with E-state index in [0.717, 1.165) is 22.5 Å². The number of benzene rings is 3. The van der Waals surface area contributed by atoms with Gasteiger partial charge in [0.2, 0.25) is 0 Å². The fraction of sp³-hybridized carbons (Fsp3) is 0.208. The van der Waals surface area contributed by atoms with Crippen molar-refractivity contribution in [3.63, 3.8) is 0 Å². The zero-order valence-corrected chi connectivity index (χ0v) is 20.4. The molecule has 0 unspecified atom stereocenters. The van der Waals surface area contributed by atoms with Crippen LogP contribution in [0.4, 0.5) is 19.3 Å². The number of amides is 2. The number of primary amides is 1. The molecule has 186 valence electrons. The minimum absolute atomic E-state index is 0.140. The van der Waals surface area contributed by atoms with E-state index in [-0.39, 0.29) is 18.0 Å². The van der Waals surface area contributed by atoms with Crippen LogP contribution in [0.15, 0.2) is 71.6 Å². The van der Waals surface area contributed by atoms with E-state index in [1.165, 1.54) is 29.2 Å². The third-order valence-corrected chi connectivity index (χ3v) is 7.16. The molecule has 2 N–H and O–H groups in total. The molecule has 0 fully saturated rings. The average Bonchev–Trinajstić information content (AvgIpc) is 2.82. The van der Waals surface area contributed by atoms with Gasteiger partial charge in [0.05, 0.1) is 23.7 Å². The molecule has 0 atom stereocenters. The summed E-state index contributed by atoms with van der Waals surface area (Å²) in [4.78, 5) is 12.3. The number of carbonyl (C=O) groups excluding carboxylic acids is 1. The zero-order valence-electron chi connectivity index (χ0n) is 18.8. The molecule has 0 bridgehead atoms. The number of nitrogens with two attached hydrogens (primary N) is 1. The lowest BCUT2D eigenvalue weighted by atomic mass is 10.2. The number of halogens is 3. The van der Waals surface area contributed by atoms with Gasteiger partial charge in [-0.15, -0.1) is 0 Å². The van der Waals surface area contributed by atoms with Crippen LogP contribution in [0.25, 0.3) is 0 Å². The van der Waals surface area contributed by atoms with Gasteiger partial charge in [-0.2, -0.15) is 0 Å². The van der Waals surface area contributed by atoms with E-state index in [1.54, 1.807) is 31.3 Å². The average molecular weight is 524 g/mol. The maximum absolute atomic E-state index is 14.8. The van der Waals surface area contributed by atoms with Crippen molar-refractivity contribution < 1.29 is 26.7 Å². The molecule has 0 aliphatic carbocycles. The first-order valence-corrected chi connectivity index (χ1v) is 12.4. The third kappa shape index (κ3) is 6.61. The van der Waals surface area contributed by atoms with Crippen LogP contribution in [-0.2, 0) is 16.6 Å². The van der Waals surface area contributed by atoms with E-state index in [0.29, 0.717) is 29.3 Å². The van der Waals surface area contributed by atoms with Crippen LogP contribution in [0.2, 0.25) is 5.02 Å². The van der Waals surface area contributed by atoms with Crippen molar-refractivity contribution in [2.75, 3.05) is 24.5 Å². The highest BCUT2D eigenvalue weighted by Gasteiger charge is 2.29. The Morgan fingerprint density at radius 2 is 1.74 bits per heavy atom. The van der Waals surface area contributed by atoms with Crippen molar-refractivity contribution in [1.29, 1.82) is 0 Å². The van der Waals surface area contributed by atoms with Gasteiger partial charge in [-0.1, -0.05) is 29.8 Å². The van der Waals surface area contributed by atoms with Gasteiger partial charge in [0.25, 0.3) is 10.0 Å². The van der Waals surface area contributed by atoms with Crippen LogP contribution in [0.1, 0.15) is 12.0 Å². The van der Waals surface area contributed by atoms with Crippen LogP contribution >= 0.6 is 11.6 Å². The normalized spacial score (nSPS) is 11.2. The summed E-state index contributed by atoms with van der Waals surface area (Å²) in [6.45, 7) is 0.249. The number of hydrogen-bond acceptors (Lipinski definition) is 4. The Bertz CT molecular complexity index is 1290. The Morgan fingerprint density at radius 3 is 2.43 bits per heavy atom. The summed E-state index contributed by atoms with van der Waals surface area (Å²) < 4.78 is 62.4. The molecule has 11 heteroatoms. The topological polar surface area (TPSA) is 92.9 Å². The van der Waals surface area contributed by atoms with Crippen molar-refractivity contribution in [3.8, 4) is 5.75 Å². The Kier molecular flexibility index (Phi) is 8.52. The molecule has 7 nitrogen and oxygen atoms in total. The first kappa shape index (κ1) is 26.2. The van der Waals surface area contributed by atoms with Crippen molar-refractivity contribution in [3.05, 3.63) is 89.0 Å². The summed E-state index contributed by atoms with van der Waals surface area (Å²) in [7, 11) is -2.76. The van der Waals surface area contributed by atoms with Gasteiger partial charge < -0.3 is 15.4 Å². The number of ether oxygens (including phenoxy) is 1. The number of nitrogens with zero attached hydrogens (tertiary/aromatic N) is 2. The number of sulfonamides is 1. The second-order valence-electron chi connectivity index (χ2n) is 7.63. The molecule has 0 saturated carbocycles. The zero-order chi connectivity index (χ0) is 25.6.